The number of aromatic nitrogens is 4. The van der Waals surface area contributed by atoms with E-state index in [9.17, 15) is 4.79 Å². The zero-order valence-corrected chi connectivity index (χ0v) is 11.0. The highest BCUT2D eigenvalue weighted by atomic mass is 32.1. The third-order valence-corrected chi connectivity index (χ3v) is 3.89. The number of rotatable bonds is 3. The lowest BCUT2D eigenvalue weighted by Crippen LogP contribution is -2.22. The summed E-state index contributed by atoms with van der Waals surface area (Å²) in [5, 5.41) is 19.2. The number of fused-ring (bicyclic) bond motifs is 1. The standard InChI is InChI=1S/C11H13N5O2S/c17-11(18)9-7-19-10(13-9)6-15-2-1-3-16-8(5-15)4-12-14-16/h4,7H,1-3,5-6H2,(H,17,18). The smallest absolute Gasteiger partial charge is 0.355 e. The first-order valence-electron chi connectivity index (χ1n) is 6.00. The minimum absolute atomic E-state index is 0.126. The second kappa shape index (κ2) is 5.06. The molecule has 1 N–H and O–H groups in total. The number of hydrogen-bond donors (Lipinski definition) is 1. The molecule has 0 fully saturated rings. The summed E-state index contributed by atoms with van der Waals surface area (Å²) >= 11 is 1.39. The Morgan fingerprint density at radius 3 is 3.16 bits per heavy atom. The number of carbonyl (C=O) groups is 1. The number of hydrogen-bond acceptors (Lipinski definition) is 6. The van der Waals surface area contributed by atoms with Crippen LogP contribution >= 0.6 is 11.3 Å². The van der Waals surface area contributed by atoms with Crippen molar-refractivity contribution in [3.05, 3.63) is 28.0 Å². The molecule has 0 radical (unpaired) electrons. The van der Waals surface area contributed by atoms with Crippen LogP contribution in [0.1, 0.15) is 27.6 Å². The van der Waals surface area contributed by atoms with Gasteiger partial charge in [0.25, 0.3) is 0 Å². The molecule has 100 valence electrons. The van der Waals surface area contributed by atoms with Gasteiger partial charge in [-0.3, -0.25) is 4.90 Å². The molecule has 7 nitrogen and oxygen atoms in total. The fourth-order valence-corrected chi connectivity index (χ4v) is 2.96. The average Bonchev–Trinajstić information content (AvgIpc) is 2.96. The third kappa shape index (κ3) is 2.64. The zero-order valence-electron chi connectivity index (χ0n) is 10.2. The molecule has 0 aromatic carbocycles. The van der Waals surface area contributed by atoms with Gasteiger partial charge in [-0.2, -0.15) is 0 Å². The molecule has 0 aliphatic carbocycles. The van der Waals surface area contributed by atoms with Gasteiger partial charge in [-0.1, -0.05) is 5.21 Å². The molecular formula is C11H13N5O2S. The Morgan fingerprint density at radius 2 is 2.37 bits per heavy atom. The molecule has 0 spiro atoms. The van der Waals surface area contributed by atoms with Crippen molar-refractivity contribution in [2.75, 3.05) is 6.54 Å². The van der Waals surface area contributed by atoms with Crippen LogP contribution in [0.3, 0.4) is 0 Å². The van der Waals surface area contributed by atoms with Gasteiger partial charge in [-0.05, 0) is 6.42 Å². The lowest BCUT2D eigenvalue weighted by atomic mass is 10.3. The molecule has 0 saturated carbocycles. The molecule has 0 saturated heterocycles. The number of carboxylic acid groups (broad SMARTS) is 1. The maximum Gasteiger partial charge on any atom is 0.355 e. The van der Waals surface area contributed by atoms with E-state index in [0.717, 1.165) is 36.8 Å². The molecule has 0 bridgehead atoms. The second-order valence-corrected chi connectivity index (χ2v) is 5.39. The van der Waals surface area contributed by atoms with E-state index in [-0.39, 0.29) is 5.69 Å². The lowest BCUT2D eigenvalue weighted by Gasteiger charge is -2.17. The quantitative estimate of drug-likeness (QED) is 0.896. The molecule has 3 rings (SSSR count). The average molecular weight is 279 g/mol. The van der Waals surface area contributed by atoms with Crippen molar-refractivity contribution >= 4 is 17.3 Å². The minimum atomic E-state index is -0.972. The highest BCUT2D eigenvalue weighted by molar-refractivity contribution is 7.09. The van der Waals surface area contributed by atoms with Crippen molar-refractivity contribution in [2.24, 2.45) is 0 Å². The summed E-state index contributed by atoms with van der Waals surface area (Å²) in [6, 6.07) is 0. The molecule has 1 aliphatic rings. The van der Waals surface area contributed by atoms with Crippen LogP contribution in [0.4, 0.5) is 0 Å². The van der Waals surface area contributed by atoms with Crippen molar-refractivity contribution in [2.45, 2.75) is 26.1 Å². The first kappa shape index (κ1) is 12.2. The van der Waals surface area contributed by atoms with Crippen LogP contribution in [0, 0.1) is 0 Å². The second-order valence-electron chi connectivity index (χ2n) is 4.44. The Morgan fingerprint density at radius 1 is 1.47 bits per heavy atom. The number of aryl methyl sites for hydroxylation is 1. The lowest BCUT2D eigenvalue weighted by molar-refractivity contribution is 0.0691. The Balaban J connectivity index is 1.71. The molecule has 1 aliphatic heterocycles. The van der Waals surface area contributed by atoms with E-state index in [1.54, 1.807) is 11.6 Å². The van der Waals surface area contributed by atoms with E-state index in [1.165, 1.54) is 11.3 Å². The molecule has 0 atom stereocenters. The van der Waals surface area contributed by atoms with Crippen LogP contribution in [-0.4, -0.2) is 42.5 Å². The molecule has 0 amide bonds. The first-order valence-corrected chi connectivity index (χ1v) is 6.88. The maximum absolute atomic E-state index is 10.8. The summed E-state index contributed by atoms with van der Waals surface area (Å²) in [7, 11) is 0. The topological polar surface area (TPSA) is 84.1 Å². The monoisotopic (exact) mass is 279 g/mol. The Kier molecular flexibility index (Phi) is 3.26. The summed E-state index contributed by atoms with van der Waals surface area (Å²) < 4.78 is 1.92. The number of carboxylic acids is 1. The predicted octanol–water partition coefficient (Wildman–Crippen LogP) is 0.839. The van der Waals surface area contributed by atoms with Crippen LogP contribution < -0.4 is 0 Å². The van der Waals surface area contributed by atoms with Gasteiger partial charge < -0.3 is 5.11 Å². The SMILES string of the molecule is O=C(O)c1csc(CN2CCCn3nncc3C2)n1. The summed E-state index contributed by atoms with van der Waals surface area (Å²) in [6.07, 6.45) is 2.79. The van der Waals surface area contributed by atoms with Gasteiger partial charge in [0.15, 0.2) is 5.69 Å². The Bertz CT molecular complexity index is 593. The van der Waals surface area contributed by atoms with Gasteiger partial charge in [0.1, 0.15) is 5.01 Å². The van der Waals surface area contributed by atoms with E-state index >= 15 is 0 Å². The van der Waals surface area contributed by atoms with Gasteiger partial charge in [-0.25, -0.2) is 14.5 Å². The molecule has 8 heteroatoms. The van der Waals surface area contributed by atoms with Crippen molar-refractivity contribution in [3.8, 4) is 0 Å². The largest absolute Gasteiger partial charge is 0.476 e. The summed E-state index contributed by atoms with van der Waals surface area (Å²) in [4.78, 5) is 17.2. The third-order valence-electron chi connectivity index (χ3n) is 3.06. The minimum Gasteiger partial charge on any atom is -0.476 e. The van der Waals surface area contributed by atoms with Gasteiger partial charge >= 0.3 is 5.97 Å². The molecule has 19 heavy (non-hydrogen) atoms. The van der Waals surface area contributed by atoms with Crippen LogP contribution in [0.25, 0.3) is 0 Å². The Hall–Kier alpha value is -1.80. The van der Waals surface area contributed by atoms with Crippen LogP contribution in [0.5, 0.6) is 0 Å². The summed E-state index contributed by atoms with van der Waals surface area (Å²) in [5.41, 5.74) is 1.22. The molecule has 2 aromatic rings. The number of thiazole rings is 1. The Labute approximate surface area is 113 Å². The zero-order chi connectivity index (χ0) is 13.2. The maximum atomic E-state index is 10.8. The first-order chi connectivity index (χ1) is 9.22. The van der Waals surface area contributed by atoms with Crippen LogP contribution in [-0.2, 0) is 19.6 Å². The molecule has 3 heterocycles. The van der Waals surface area contributed by atoms with Crippen LogP contribution in [0.15, 0.2) is 11.6 Å². The van der Waals surface area contributed by atoms with E-state index in [0.29, 0.717) is 6.54 Å². The van der Waals surface area contributed by atoms with Crippen LogP contribution in [0.2, 0.25) is 0 Å². The fraction of sp³-hybridized carbons (Fsp3) is 0.455. The van der Waals surface area contributed by atoms with E-state index < -0.39 is 5.97 Å². The van der Waals surface area contributed by atoms with Gasteiger partial charge in [0.2, 0.25) is 0 Å². The van der Waals surface area contributed by atoms with Crippen molar-refractivity contribution in [1.82, 2.24) is 24.9 Å². The van der Waals surface area contributed by atoms with Crippen molar-refractivity contribution in [1.29, 1.82) is 0 Å². The van der Waals surface area contributed by atoms with Crippen molar-refractivity contribution in [3.63, 3.8) is 0 Å². The normalized spacial score (nSPS) is 16.0. The molecular weight excluding hydrogens is 266 g/mol. The van der Waals surface area contributed by atoms with E-state index in [2.05, 4.69) is 20.2 Å². The van der Waals surface area contributed by atoms with Gasteiger partial charge in [0, 0.05) is 25.0 Å². The predicted molar refractivity (Wildman–Crippen MR) is 67.8 cm³/mol. The highest BCUT2D eigenvalue weighted by Gasteiger charge is 2.17. The van der Waals surface area contributed by atoms with Gasteiger partial charge in [-0.15, -0.1) is 16.4 Å². The number of aromatic carboxylic acids is 1. The van der Waals surface area contributed by atoms with Crippen molar-refractivity contribution < 1.29 is 9.90 Å². The number of nitrogens with zero attached hydrogens (tertiary/aromatic N) is 5. The highest BCUT2D eigenvalue weighted by Crippen LogP contribution is 2.16. The molecule has 0 unspecified atom stereocenters. The van der Waals surface area contributed by atoms with Gasteiger partial charge in [0.05, 0.1) is 18.4 Å². The molecule has 2 aromatic heterocycles. The fourth-order valence-electron chi connectivity index (χ4n) is 2.15. The van der Waals surface area contributed by atoms with E-state index in [4.69, 9.17) is 5.11 Å². The summed E-state index contributed by atoms with van der Waals surface area (Å²) in [6.45, 7) is 3.27. The summed E-state index contributed by atoms with van der Waals surface area (Å²) in [5.74, 6) is -0.972. The van der Waals surface area contributed by atoms with E-state index in [1.807, 2.05) is 4.68 Å².